The van der Waals surface area contributed by atoms with Gasteiger partial charge in [0.05, 0.1) is 6.61 Å². The van der Waals surface area contributed by atoms with Crippen molar-refractivity contribution in [2.45, 2.75) is 39.2 Å². The minimum atomic E-state index is -0.393. The fraction of sp³-hybridized carbons (Fsp3) is 0.900. The first-order valence-corrected chi connectivity index (χ1v) is 4.99. The zero-order valence-corrected chi connectivity index (χ0v) is 9.30. The first-order valence-electron chi connectivity index (χ1n) is 4.99. The molecule has 0 amide bonds. The highest BCUT2D eigenvalue weighted by molar-refractivity contribution is 5.69. The van der Waals surface area contributed by atoms with Crippen LogP contribution in [0.5, 0.6) is 0 Å². The molecule has 84 valence electrons. The lowest BCUT2D eigenvalue weighted by molar-refractivity contribution is -0.154. The molecule has 0 bridgehead atoms. The molecule has 0 heterocycles. The van der Waals surface area contributed by atoms with E-state index in [0.717, 1.165) is 13.0 Å². The van der Waals surface area contributed by atoms with Crippen molar-refractivity contribution in [3.05, 3.63) is 0 Å². The summed E-state index contributed by atoms with van der Waals surface area (Å²) in [5.74, 6) is -0.164. The van der Waals surface area contributed by atoms with Crippen molar-refractivity contribution >= 4 is 5.97 Å². The maximum Gasteiger partial charge on any atom is 0.306 e. The molecule has 0 spiro atoms. The van der Waals surface area contributed by atoms with E-state index in [4.69, 9.17) is 9.84 Å². The quantitative estimate of drug-likeness (QED) is 0.492. The van der Waals surface area contributed by atoms with E-state index in [2.05, 4.69) is 5.32 Å². The minimum absolute atomic E-state index is 0.131. The Hall–Kier alpha value is -0.610. The largest absolute Gasteiger partial charge is 0.460 e. The monoisotopic (exact) mass is 203 g/mol. The van der Waals surface area contributed by atoms with Gasteiger partial charge in [-0.1, -0.05) is 0 Å². The second-order valence-electron chi connectivity index (χ2n) is 4.16. The van der Waals surface area contributed by atoms with Crippen LogP contribution in [0.15, 0.2) is 0 Å². The van der Waals surface area contributed by atoms with E-state index in [1.165, 1.54) is 0 Å². The predicted molar refractivity (Wildman–Crippen MR) is 55.0 cm³/mol. The van der Waals surface area contributed by atoms with Gasteiger partial charge in [0.25, 0.3) is 0 Å². The molecule has 0 aliphatic heterocycles. The number of carbonyl (C=O) groups is 1. The Balaban J connectivity index is 3.36. The molecule has 0 fully saturated rings. The van der Waals surface area contributed by atoms with E-state index in [1.807, 2.05) is 20.8 Å². The average Bonchev–Trinajstić information content (AvgIpc) is 2.00. The lowest BCUT2D eigenvalue weighted by Gasteiger charge is -2.19. The van der Waals surface area contributed by atoms with Gasteiger partial charge in [-0.3, -0.25) is 4.79 Å². The number of esters is 1. The van der Waals surface area contributed by atoms with Crippen LogP contribution in [0.25, 0.3) is 0 Å². The molecule has 0 aromatic carbocycles. The first kappa shape index (κ1) is 13.4. The number of rotatable bonds is 6. The maximum atomic E-state index is 11.2. The smallest absolute Gasteiger partial charge is 0.306 e. The van der Waals surface area contributed by atoms with E-state index < -0.39 is 5.60 Å². The molecule has 0 aliphatic rings. The van der Waals surface area contributed by atoms with E-state index in [1.54, 1.807) is 0 Å². The normalized spacial score (nSPS) is 11.4. The van der Waals surface area contributed by atoms with Crippen molar-refractivity contribution in [1.82, 2.24) is 5.32 Å². The molecule has 4 nitrogen and oxygen atoms in total. The van der Waals surface area contributed by atoms with Crippen LogP contribution in [0.1, 0.15) is 33.6 Å². The fourth-order valence-electron chi connectivity index (χ4n) is 0.954. The zero-order chi connectivity index (χ0) is 11.0. The predicted octanol–water partition coefficient (Wildman–Crippen LogP) is 0.690. The Morgan fingerprint density at radius 3 is 2.50 bits per heavy atom. The van der Waals surface area contributed by atoms with Crippen molar-refractivity contribution < 1.29 is 14.6 Å². The van der Waals surface area contributed by atoms with Crippen molar-refractivity contribution in [2.75, 3.05) is 19.7 Å². The summed E-state index contributed by atoms with van der Waals surface area (Å²) in [4.78, 5) is 11.2. The lowest BCUT2D eigenvalue weighted by atomic mass is 10.2. The SMILES string of the molecule is CC(C)(C)OC(=O)CCCNCCO. The Labute approximate surface area is 85.6 Å². The van der Waals surface area contributed by atoms with Crippen LogP contribution in [0.2, 0.25) is 0 Å². The maximum absolute atomic E-state index is 11.2. The molecule has 0 unspecified atom stereocenters. The van der Waals surface area contributed by atoms with E-state index in [-0.39, 0.29) is 12.6 Å². The molecule has 0 saturated heterocycles. The summed E-state index contributed by atoms with van der Waals surface area (Å²) >= 11 is 0. The molecule has 4 heteroatoms. The zero-order valence-electron chi connectivity index (χ0n) is 9.30. The highest BCUT2D eigenvalue weighted by Gasteiger charge is 2.15. The topological polar surface area (TPSA) is 58.6 Å². The van der Waals surface area contributed by atoms with Gasteiger partial charge in [0.2, 0.25) is 0 Å². The molecule has 0 aliphatic carbocycles. The van der Waals surface area contributed by atoms with Crippen LogP contribution in [-0.2, 0) is 9.53 Å². The van der Waals surface area contributed by atoms with Gasteiger partial charge in [-0.05, 0) is 33.7 Å². The van der Waals surface area contributed by atoms with Gasteiger partial charge in [0.1, 0.15) is 5.60 Å². The highest BCUT2D eigenvalue weighted by Crippen LogP contribution is 2.08. The molecular formula is C10H21NO3. The van der Waals surface area contributed by atoms with Crippen molar-refractivity contribution in [2.24, 2.45) is 0 Å². The summed E-state index contributed by atoms with van der Waals surface area (Å²) in [7, 11) is 0. The molecular weight excluding hydrogens is 182 g/mol. The molecule has 0 aromatic heterocycles. The third-order valence-corrected chi connectivity index (χ3v) is 1.44. The van der Waals surface area contributed by atoms with Gasteiger partial charge in [-0.25, -0.2) is 0 Å². The first-order chi connectivity index (χ1) is 6.45. The lowest BCUT2D eigenvalue weighted by Crippen LogP contribution is -2.25. The Bertz CT molecular complexity index is 163. The van der Waals surface area contributed by atoms with Gasteiger partial charge in [0, 0.05) is 13.0 Å². The third-order valence-electron chi connectivity index (χ3n) is 1.44. The molecule has 0 atom stereocenters. The van der Waals surface area contributed by atoms with Gasteiger partial charge in [-0.2, -0.15) is 0 Å². The molecule has 2 N–H and O–H groups in total. The minimum Gasteiger partial charge on any atom is -0.460 e. The molecule has 0 saturated carbocycles. The van der Waals surface area contributed by atoms with Crippen molar-refractivity contribution in [1.29, 1.82) is 0 Å². The number of hydrogen-bond acceptors (Lipinski definition) is 4. The Morgan fingerprint density at radius 2 is 2.00 bits per heavy atom. The van der Waals surface area contributed by atoms with Crippen molar-refractivity contribution in [3.8, 4) is 0 Å². The summed E-state index contributed by atoms with van der Waals surface area (Å²) < 4.78 is 5.13. The molecule has 0 aromatic rings. The van der Waals surface area contributed by atoms with Gasteiger partial charge in [0.15, 0.2) is 0 Å². The molecule has 0 radical (unpaired) electrons. The second kappa shape index (κ2) is 6.79. The van der Waals surface area contributed by atoms with Crippen LogP contribution in [0, 0.1) is 0 Å². The highest BCUT2D eigenvalue weighted by atomic mass is 16.6. The number of hydrogen-bond donors (Lipinski definition) is 2. The van der Waals surface area contributed by atoms with Crippen LogP contribution in [-0.4, -0.2) is 36.4 Å². The van der Waals surface area contributed by atoms with E-state index in [0.29, 0.717) is 13.0 Å². The number of aliphatic hydroxyl groups excluding tert-OH is 1. The Kier molecular flexibility index (Phi) is 6.49. The fourth-order valence-corrected chi connectivity index (χ4v) is 0.954. The van der Waals surface area contributed by atoms with Gasteiger partial charge in [-0.15, -0.1) is 0 Å². The van der Waals surface area contributed by atoms with Crippen LogP contribution >= 0.6 is 0 Å². The average molecular weight is 203 g/mol. The molecule has 0 rings (SSSR count). The second-order valence-corrected chi connectivity index (χ2v) is 4.16. The summed E-state index contributed by atoms with van der Waals surface area (Å²) in [6, 6.07) is 0. The number of nitrogens with one attached hydrogen (secondary N) is 1. The standard InChI is InChI=1S/C10H21NO3/c1-10(2,3)14-9(13)5-4-6-11-7-8-12/h11-12H,4-8H2,1-3H3. The number of carbonyl (C=O) groups excluding carboxylic acids is 1. The van der Waals surface area contributed by atoms with Crippen LogP contribution < -0.4 is 5.32 Å². The van der Waals surface area contributed by atoms with E-state index >= 15 is 0 Å². The summed E-state index contributed by atoms with van der Waals surface area (Å²) in [6.07, 6.45) is 1.17. The summed E-state index contributed by atoms with van der Waals surface area (Å²) in [5, 5.41) is 11.5. The van der Waals surface area contributed by atoms with Crippen LogP contribution in [0.4, 0.5) is 0 Å². The molecule has 14 heavy (non-hydrogen) atoms. The van der Waals surface area contributed by atoms with Crippen LogP contribution in [0.3, 0.4) is 0 Å². The van der Waals surface area contributed by atoms with Crippen molar-refractivity contribution in [3.63, 3.8) is 0 Å². The summed E-state index contributed by atoms with van der Waals surface area (Å²) in [6.45, 7) is 7.01. The Morgan fingerprint density at radius 1 is 1.36 bits per heavy atom. The van der Waals surface area contributed by atoms with Gasteiger partial charge < -0.3 is 15.2 Å². The number of ether oxygens (including phenoxy) is 1. The van der Waals surface area contributed by atoms with Gasteiger partial charge >= 0.3 is 5.97 Å². The van der Waals surface area contributed by atoms with E-state index in [9.17, 15) is 4.79 Å². The third kappa shape index (κ3) is 9.48. The number of aliphatic hydroxyl groups is 1. The summed E-state index contributed by atoms with van der Waals surface area (Å²) in [5.41, 5.74) is -0.393.